The number of hydrogen-bond donors (Lipinski definition) is 1. The first-order chi connectivity index (χ1) is 14.7. The summed E-state index contributed by atoms with van der Waals surface area (Å²) in [6.07, 6.45) is 4.85. The third-order valence-corrected chi connectivity index (χ3v) is 7.26. The summed E-state index contributed by atoms with van der Waals surface area (Å²) >= 11 is 3.34. The summed E-state index contributed by atoms with van der Waals surface area (Å²) in [7, 11) is 0. The maximum Gasteiger partial charge on any atom is 0.226 e. The molecule has 1 aliphatic heterocycles. The molecule has 0 bridgehead atoms. The normalized spacial score (nSPS) is 16.1. The predicted molar refractivity (Wildman–Crippen MR) is 121 cm³/mol. The Labute approximate surface area is 185 Å². The van der Waals surface area contributed by atoms with Gasteiger partial charge in [-0.25, -0.2) is 4.98 Å². The fourth-order valence-corrected chi connectivity index (χ4v) is 5.52. The van der Waals surface area contributed by atoms with E-state index in [1.807, 2.05) is 11.4 Å². The van der Waals surface area contributed by atoms with E-state index in [1.165, 1.54) is 5.56 Å². The lowest BCUT2D eigenvalue weighted by atomic mass is 10.1. The highest BCUT2D eigenvalue weighted by atomic mass is 32.2. The zero-order valence-electron chi connectivity index (χ0n) is 17.2. The van der Waals surface area contributed by atoms with Crippen molar-refractivity contribution in [1.82, 2.24) is 25.1 Å². The Morgan fingerprint density at radius 2 is 2.10 bits per heavy atom. The Morgan fingerprint density at radius 1 is 1.23 bits per heavy atom. The molecule has 0 aliphatic carbocycles. The molecule has 0 saturated carbocycles. The van der Waals surface area contributed by atoms with Gasteiger partial charge in [0.25, 0.3) is 0 Å². The highest BCUT2D eigenvalue weighted by Crippen LogP contribution is 2.22. The molecule has 0 radical (unpaired) electrons. The van der Waals surface area contributed by atoms with Crippen LogP contribution in [0.2, 0.25) is 0 Å². The molecular formula is C22H27N5OS2. The Hall–Kier alpha value is -2.19. The highest BCUT2D eigenvalue weighted by molar-refractivity contribution is 8.00. The van der Waals surface area contributed by atoms with Crippen LogP contribution in [0.1, 0.15) is 42.7 Å². The number of thioether (sulfide) groups is 1. The lowest BCUT2D eigenvalue weighted by molar-refractivity contribution is -0.121. The van der Waals surface area contributed by atoms with Gasteiger partial charge in [0, 0.05) is 30.8 Å². The standard InChI is InChI=1S/C22H27N5OS2/c1-2-29-22-24-18(15-30-22)14-21(28)23-17-9-11-20-26-25-19(27(20)13-12-17)10-8-16-6-4-3-5-7-16/h3-7,15,17H,2,8-14H2,1H3,(H,23,28). The van der Waals surface area contributed by atoms with Gasteiger partial charge in [-0.3, -0.25) is 4.79 Å². The summed E-state index contributed by atoms with van der Waals surface area (Å²) < 4.78 is 3.29. The van der Waals surface area contributed by atoms with Gasteiger partial charge in [-0.05, 0) is 30.6 Å². The molecule has 1 unspecified atom stereocenters. The molecule has 0 saturated heterocycles. The number of fused-ring (bicyclic) bond motifs is 1. The van der Waals surface area contributed by atoms with E-state index in [9.17, 15) is 4.79 Å². The van der Waals surface area contributed by atoms with E-state index in [2.05, 4.69) is 56.3 Å². The highest BCUT2D eigenvalue weighted by Gasteiger charge is 2.21. The van der Waals surface area contributed by atoms with E-state index >= 15 is 0 Å². The SMILES string of the molecule is CCSc1nc(CC(=O)NC2CCc3nnc(CCc4ccccc4)n3CC2)cs1. The van der Waals surface area contributed by atoms with Crippen molar-refractivity contribution >= 4 is 29.0 Å². The number of nitrogens with one attached hydrogen (secondary N) is 1. The van der Waals surface area contributed by atoms with Crippen LogP contribution in [0.3, 0.4) is 0 Å². The summed E-state index contributed by atoms with van der Waals surface area (Å²) in [6.45, 7) is 2.96. The van der Waals surface area contributed by atoms with Crippen molar-refractivity contribution in [3.8, 4) is 0 Å². The van der Waals surface area contributed by atoms with Crippen LogP contribution in [0.15, 0.2) is 40.1 Å². The largest absolute Gasteiger partial charge is 0.353 e. The summed E-state index contributed by atoms with van der Waals surface area (Å²) in [5, 5.41) is 14.0. The molecule has 2 aromatic heterocycles. The number of rotatable bonds is 8. The van der Waals surface area contributed by atoms with Gasteiger partial charge in [0.15, 0.2) is 0 Å². The maximum atomic E-state index is 12.5. The summed E-state index contributed by atoms with van der Waals surface area (Å²) in [4.78, 5) is 17.0. The Balaban J connectivity index is 1.29. The molecule has 3 aromatic rings. The summed E-state index contributed by atoms with van der Waals surface area (Å²) in [6, 6.07) is 10.7. The van der Waals surface area contributed by atoms with Gasteiger partial charge in [-0.1, -0.05) is 49.0 Å². The molecule has 8 heteroatoms. The minimum Gasteiger partial charge on any atom is -0.353 e. The Morgan fingerprint density at radius 3 is 2.93 bits per heavy atom. The molecule has 1 atom stereocenters. The third kappa shape index (κ3) is 5.49. The van der Waals surface area contributed by atoms with Crippen molar-refractivity contribution in [3.05, 3.63) is 58.6 Å². The van der Waals surface area contributed by atoms with Crippen LogP contribution >= 0.6 is 23.1 Å². The van der Waals surface area contributed by atoms with Crippen LogP contribution in [0.4, 0.5) is 0 Å². The first-order valence-electron chi connectivity index (χ1n) is 10.5. The second-order valence-corrected chi connectivity index (χ2v) is 9.85. The number of hydrogen-bond acceptors (Lipinski definition) is 6. The van der Waals surface area contributed by atoms with E-state index in [1.54, 1.807) is 23.1 Å². The van der Waals surface area contributed by atoms with Crippen molar-refractivity contribution in [1.29, 1.82) is 0 Å². The fourth-order valence-electron chi connectivity index (χ4n) is 3.78. The molecular weight excluding hydrogens is 414 g/mol. The van der Waals surface area contributed by atoms with Gasteiger partial charge >= 0.3 is 0 Å². The number of carbonyl (C=O) groups is 1. The molecule has 30 heavy (non-hydrogen) atoms. The molecule has 0 fully saturated rings. The average molecular weight is 442 g/mol. The fraction of sp³-hybridized carbons (Fsp3) is 0.455. The zero-order valence-corrected chi connectivity index (χ0v) is 18.8. The second kappa shape index (κ2) is 10.2. The number of carbonyl (C=O) groups excluding carboxylic acids is 1. The molecule has 1 amide bonds. The monoisotopic (exact) mass is 441 g/mol. The number of thiazole rings is 1. The van der Waals surface area contributed by atoms with Gasteiger partial charge in [0.1, 0.15) is 16.0 Å². The Bertz CT molecular complexity index is 969. The van der Waals surface area contributed by atoms with Crippen LogP contribution in [0.5, 0.6) is 0 Å². The smallest absolute Gasteiger partial charge is 0.226 e. The van der Waals surface area contributed by atoms with E-state index in [-0.39, 0.29) is 11.9 Å². The maximum absolute atomic E-state index is 12.5. The molecule has 1 aromatic carbocycles. The van der Waals surface area contributed by atoms with Crippen molar-refractivity contribution in [2.75, 3.05) is 5.75 Å². The van der Waals surface area contributed by atoms with Gasteiger partial charge in [0.05, 0.1) is 12.1 Å². The van der Waals surface area contributed by atoms with Gasteiger partial charge in [-0.15, -0.1) is 21.5 Å². The molecule has 1 N–H and O–H groups in total. The van der Waals surface area contributed by atoms with Gasteiger partial charge < -0.3 is 9.88 Å². The van der Waals surface area contributed by atoms with Crippen molar-refractivity contribution in [2.45, 2.75) is 62.4 Å². The third-order valence-electron chi connectivity index (χ3n) is 5.31. The Kier molecular flexibility index (Phi) is 7.17. The topological polar surface area (TPSA) is 72.7 Å². The van der Waals surface area contributed by atoms with Crippen LogP contribution < -0.4 is 5.32 Å². The van der Waals surface area contributed by atoms with Crippen LogP contribution in [0, 0.1) is 0 Å². The molecule has 3 heterocycles. The first kappa shape index (κ1) is 21.1. The van der Waals surface area contributed by atoms with Crippen LogP contribution in [-0.2, 0) is 37.0 Å². The second-order valence-electron chi connectivity index (χ2n) is 7.48. The molecule has 6 nitrogen and oxygen atoms in total. The summed E-state index contributed by atoms with van der Waals surface area (Å²) in [5.41, 5.74) is 2.18. The van der Waals surface area contributed by atoms with E-state index in [4.69, 9.17) is 0 Å². The number of aromatic nitrogens is 4. The van der Waals surface area contributed by atoms with E-state index < -0.39 is 0 Å². The summed E-state index contributed by atoms with van der Waals surface area (Å²) in [5.74, 6) is 3.14. The quantitative estimate of drug-likeness (QED) is 0.540. The predicted octanol–water partition coefficient (Wildman–Crippen LogP) is 3.70. The molecule has 158 valence electrons. The zero-order chi connectivity index (χ0) is 20.8. The first-order valence-corrected chi connectivity index (χ1v) is 12.4. The molecule has 0 spiro atoms. The minimum absolute atomic E-state index is 0.0558. The minimum atomic E-state index is 0.0558. The van der Waals surface area contributed by atoms with Crippen molar-refractivity contribution < 1.29 is 4.79 Å². The number of nitrogens with zero attached hydrogens (tertiary/aromatic N) is 4. The van der Waals surface area contributed by atoms with E-state index in [0.29, 0.717) is 6.42 Å². The van der Waals surface area contributed by atoms with Gasteiger partial charge in [-0.2, -0.15) is 0 Å². The number of amides is 1. The van der Waals surface area contributed by atoms with Crippen molar-refractivity contribution in [2.24, 2.45) is 0 Å². The lowest BCUT2D eigenvalue weighted by Crippen LogP contribution is -2.36. The molecule has 4 rings (SSSR count). The number of aryl methyl sites for hydroxylation is 3. The van der Waals surface area contributed by atoms with Crippen molar-refractivity contribution in [3.63, 3.8) is 0 Å². The average Bonchev–Trinajstić information content (AvgIpc) is 3.30. The molecule has 1 aliphatic rings. The van der Waals surface area contributed by atoms with Crippen LogP contribution in [0.25, 0.3) is 0 Å². The number of benzene rings is 1. The van der Waals surface area contributed by atoms with E-state index in [0.717, 1.165) is 66.1 Å². The lowest BCUT2D eigenvalue weighted by Gasteiger charge is -2.16. The van der Waals surface area contributed by atoms with Gasteiger partial charge in [0.2, 0.25) is 5.91 Å². The van der Waals surface area contributed by atoms with Crippen LogP contribution in [-0.4, -0.2) is 37.5 Å².